The number of carbonyl (C=O) groups excluding carboxylic acids is 1. The third kappa shape index (κ3) is 2.41. The lowest BCUT2D eigenvalue weighted by Crippen LogP contribution is -2.51. The van der Waals surface area contributed by atoms with Crippen molar-refractivity contribution in [1.82, 2.24) is 5.32 Å². The molecule has 4 heteroatoms. The molecular weight excluding hydrogens is 264 g/mol. The van der Waals surface area contributed by atoms with E-state index >= 15 is 0 Å². The molecule has 0 unspecified atom stereocenters. The first-order valence-corrected chi connectivity index (χ1v) is 8.09. The molecule has 0 spiro atoms. The molecule has 1 amide bonds. The van der Waals surface area contributed by atoms with Crippen LogP contribution in [0.4, 0.5) is 0 Å². The van der Waals surface area contributed by atoms with E-state index in [0.29, 0.717) is 15.7 Å². The van der Waals surface area contributed by atoms with Crippen LogP contribution in [-0.4, -0.2) is 12.5 Å². The Morgan fingerprint density at radius 1 is 1.14 bits per heavy atom. The lowest BCUT2D eigenvalue weighted by atomic mass is 9.49. The molecule has 4 aliphatic rings. The van der Waals surface area contributed by atoms with E-state index in [-0.39, 0.29) is 5.91 Å². The second-order valence-electron chi connectivity index (χ2n) is 7.55. The van der Waals surface area contributed by atoms with Gasteiger partial charge in [0, 0.05) is 18.7 Å². The van der Waals surface area contributed by atoms with Gasteiger partial charge in [0.15, 0.2) is 12.4 Å². The first-order valence-electron chi connectivity index (χ1n) is 8.09. The molecule has 1 N–H and O–H groups in total. The number of rotatable bonds is 3. The van der Waals surface area contributed by atoms with Crippen molar-refractivity contribution in [3.05, 3.63) is 35.3 Å². The largest absolute Gasteiger partial charge is 0.619 e. The zero-order chi connectivity index (χ0) is 14.4. The van der Waals surface area contributed by atoms with Crippen LogP contribution in [0.3, 0.4) is 0 Å². The van der Waals surface area contributed by atoms with Crippen LogP contribution in [-0.2, 0) is 0 Å². The van der Waals surface area contributed by atoms with E-state index in [4.69, 9.17) is 0 Å². The first-order chi connectivity index (χ1) is 10.1. The minimum Gasteiger partial charge on any atom is -0.619 e. The van der Waals surface area contributed by atoms with Gasteiger partial charge in [-0.2, -0.15) is 4.73 Å². The third-order valence-electron chi connectivity index (χ3n) is 5.85. The molecule has 21 heavy (non-hydrogen) atoms. The molecule has 1 aromatic heterocycles. The van der Waals surface area contributed by atoms with Gasteiger partial charge in [0.1, 0.15) is 0 Å². The zero-order valence-corrected chi connectivity index (χ0v) is 12.3. The molecule has 0 radical (unpaired) electrons. The van der Waals surface area contributed by atoms with Crippen LogP contribution in [0.1, 0.15) is 48.9 Å². The molecule has 112 valence electrons. The highest BCUT2D eigenvalue weighted by molar-refractivity contribution is 5.93. The Balaban J connectivity index is 1.42. The predicted molar refractivity (Wildman–Crippen MR) is 78.3 cm³/mol. The average molecular weight is 286 g/mol. The fourth-order valence-corrected chi connectivity index (χ4v) is 5.44. The quantitative estimate of drug-likeness (QED) is 0.684. The highest BCUT2D eigenvalue weighted by atomic mass is 16.5. The zero-order valence-electron chi connectivity index (χ0n) is 12.3. The summed E-state index contributed by atoms with van der Waals surface area (Å²) in [5.74, 6) is 2.67. The van der Waals surface area contributed by atoms with Crippen LogP contribution in [0, 0.1) is 28.4 Å². The minimum atomic E-state index is -0.0497. The standard InChI is InChI=1S/C17H22N2O2/c20-16(15-1-3-19(21)4-2-15)18-11-17-8-12-5-13(9-17)7-14(6-12)10-17/h1-4,12-14H,5-11H2,(H,18,20). The van der Waals surface area contributed by atoms with Crippen LogP contribution >= 0.6 is 0 Å². The lowest BCUT2D eigenvalue weighted by molar-refractivity contribution is -0.605. The number of nitrogens with one attached hydrogen (secondary N) is 1. The topological polar surface area (TPSA) is 56.0 Å². The van der Waals surface area contributed by atoms with Gasteiger partial charge in [-0.1, -0.05) is 0 Å². The molecule has 1 aromatic rings. The lowest BCUT2D eigenvalue weighted by Gasteiger charge is -2.56. The number of carbonyl (C=O) groups is 1. The van der Waals surface area contributed by atoms with E-state index in [1.165, 1.54) is 50.9 Å². The van der Waals surface area contributed by atoms with Crippen LogP contribution in [0.15, 0.2) is 24.5 Å². The molecular formula is C17H22N2O2. The van der Waals surface area contributed by atoms with Gasteiger partial charge in [0.2, 0.25) is 0 Å². The first kappa shape index (κ1) is 13.1. The SMILES string of the molecule is O=C(NCC12CC3CC(CC(C3)C1)C2)c1cc[n+]([O-])cc1. The third-order valence-corrected chi connectivity index (χ3v) is 5.85. The predicted octanol–water partition coefficient (Wildman–Crippen LogP) is 2.27. The molecule has 4 nitrogen and oxygen atoms in total. The van der Waals surface area contributed by atoms with Gasteiger partial charge in [-0.05, 0) is 61.7 Å². The Bertz CT molecular complexity index is 517. The average Bonchev–Trinajstić information content (AvgIpc) is 2.44. The maximum absolute atomic E-state index is 12.2. The van der Waals surface area contributed by atoms with Gasteiger partial charge in [0.25, 0.3) is 5.91 Å². The second kappa shape index (κ2) is 4.72. The molecule has 0 saturated heterocycles. The number of hydrogen-bond acceptors (Lipinski definition) is 2. The highest BCUT2D eigenvalue weighted by Crippen LogP contribution is 2.59. The Labute approximate surface area is 125 Å². The van der Waals surface area contributed by atoms with Crippen molar-refractivity contribution in [3.63, 3.8) is 0 Å². The Morgan fingerprint density at radius 3 is 2.19 bits per heavy atom. The van der Waals surface area contributed by atoms with E-state index in [1.54, 1.807) is 12.1 Å². The van der Waals surface area contributed by atoms with E-state index in [1.807, 2.05) is 0 Å². The van der Waals surface area contributed by atoms with Gasteiger partial charge in [-0.3, -0.25) is 4.79 Å². The van der Waals surface area contributed by atoms with Crippen molar-refractivity contribution in [2.24, 2.45) is 23.2 Å². The summed E-state index contributed by atoms with van der Waals surface area (Å²) >= 11 is 0. The fourth-order valence-electron chi connectivity index (χ4n) is 5.44. The van der Waals surface area contributed by atoms with E-state index < -0.39 is 0 Å². The van der Waals surface area contributed by atoms with Crippen molar-refractivity contribution in [2.75, 3.05) is 6.54 Å². The van der Waals surface area contributed by atoms with Gasteiger partial charge in [0.05, 0.1) is 5.56 Å². The van der Waals surface area contributed by atoms with E-state index in [0.717, 1.165) is 24.3 Å². The van der Waals surface area contributed by atoms with Crippen molar-refractivity contribution in [1.29, 1.82) is 0 Å². The van der Waals surface area contributed by atoms with Gasteiger partial charge < -0.3 is 10.5 Å². The van der Waals surface area contributed by atoms with Crippen molar-refractivity contribution < 1.29 is 9.52 Å². The summed E-state index contributed by atoms with van der Waals surface area (Å²) in [5.41, 5.74) is 0.935. The molecule has 4 aliphatic carbocycles. The van der Waals surface area contributed by atoms with Gasteiger partial charge in [-0.15, -0.1) is 0 Å². The number of pyridine rings is 1. The minimum absolute atomic E-state index is 0.0497. The Hall–Kier alpha value is -1.58. The monoisotopic (exact) mass is 286 g/mol. The van der Waals surface area contributed by atoms with Crippen LogP contribution in [0.2, 0.25) is 0 Å². The molecule has 4 saturated carbocycles. The molecule has 0 aromatic carbocycles. The van der Waals surface area contributed by atoms with Crippen molar-refractivity contribution in [2.45, 2.75) is 38.5 Å². The normalized spacial score (nSPS) is 36.7. The molecule has 4 bridgehead atoms. The Kier molecular flexibility index (Phi) is 2.95. The number of nitrogens with zero attached hydrogens (tertiary/aromatic N) is 1. The van der Waals surface area contributed by atoms with Crippen LogP contribution < -0.4 is 10.0 Å². The maximum Gasteiger partial charge on any atom is 0.251 e. The van der Waals surface area contributed by atoms with Crippen molar-refractivity contribution in [3.8, 4) is 0 Å². The summed E-state index contributed by atoms with van der Waals surface area (Å²) in [7, 11) is 0. The summed E-state index contributed by atoms with van der Waals surface area (Å²) < 4.78 is 0.704. The molecule has 4 fully saturated rings. The van der Waals surface area contributed by atoms with E-state index in [2.05, 4.69) is 5.32 Å². The summed E-state index contributed by atoms with van der Waals surface area (Å²) in [6.45, 7) is 0.807. The smallest absolute Gasteiger partial charge is 0.251 e. The van der Waals surface area contributed by atoms with Crippen LogP contribution in [0.5, 0.6) is 0 Å². The second-order valence-corrected chi connectivity index (χ2v) is 7.55. The molecule has 1 heterocycles. The number of aromatic nitrogens is 1. The highest BCUT2D eigenvalue weighted by Gasteiger charge is 2.50. The summed E-state index contributed by atoms with van der Waals surface area (Å²) in [6.07, 6.45) is 10.9. The summed E-state index contributed by atoms with van der Waals surface area (Å²) in [5, 5.41) is 14.1. The summed E-state index contributed by atoms with van der Waals surface area (Å²) in [6, 6.07) is 3.17. The van der Waals surface area contributed by atoms with Crippen molar-refractivity contribution >= 4 is 5.91 Å². The molecule has 0 atom stereocenters. The van der Waals surface area contributed by atoms with Crippen LogP contribution in [0.25, 0.3) is 0 Å². The van der Waals surface area contributed by atoms with E-state index in [9.17, 15) is 10.0 Å². The number of hydrogen-bond donors (Lipinski definition) is 1. The summed E-state index contributed by atoms with van der Waals surface area (Å²) in [4.78, 5) is 12.2. The fraction of sp³-hybridized carbons (Fsp3) is 0.647. The molecule has 5 rings (SSSR count). The number of amides is 1. The maximum atomic E-state index is 12.2. The van der Waals surface area contributed by atoms with Gasteiger partial charge in [-0.25, -0.2) is 0 Å². The Morgan fingerprint density at radius 2 is 1.67 bits per heavy atom. The van der Waals surface area contributed by atoms with Gasteiger partial charge >= 0.3 is 0 Å². The molecule has 0 aliphatic heterocycles.